The van der Waals surface area contributed by atoms with Crippen LogP contribution in [0.3, 0.4) is 0 Å². The van der Waals surface area contributed by atoms with E-state index in [0.29, 0.717) is 17.1 Å². The number of aromatic amines is 1. The standard InChI is InChI=1S/C24H24N4O2S/c1-15-8-7-9-16(2)22(15)26-21(29)13-12-19-17(3)27-28(23(19)30)24-25-20(14-31-24)18-10-5-4-6-11-18/h4-11,14,27H,12-13H2,1-3H3,(H,26,29). The molecule has 0 saturated heterocycles. The monoisotopic (exact) mass is 432 g/mol. The molecule has 1 amide bonds. The Morgan fingerprint density at radius 1 is 1.06 bits per heavy atom. The highest BCUT2D eigenvalue weighted by atomic mass is 32.1. The maximum atomic E-state index is 13.0. The highest BCUT2D eigenvalue weighted by molar-refractivity contribution is 7.12. The number of H-pyrrole nitrogens is 1. The predicted molar refractivity (Wildman–Crippen MR) is 125 cm³/mol. The van der Waals surface area contributed by atoms with Gasteiger partial charge in [-0.05, 0) is 38.3 Å². The number of benzene rings is 2. The first-order valence-electron chi connectivity index (χ1n) is 10.1. The van der Waals surface area contributed by atoms with Crippen LogP contribution in [0, 0.1) is 20.8 Å². The third-order valence-corrected chi connectivity index (χ3v) is 6.12. The number of hydrogen-bond donors (Lipinski definition) is 2. The van der Waals surface area contributed by atoms with Gasteiger partial charge in [0.25, 0.3) is 5.56 Å². The zero-order valence-electron chi connectivity index (χ0n) is 17.7. The molecule has 0 bridgehead atoms. The molecule has 158 valence electrons. The highest BCUT2D eigenvalue weighted by Gasteiger charge is 2.17. The summed E-state index contributed by atoms with van der Waals surface area (Å²) in [6.45, 7) is 5.78. The van der Waals surface area contributed by atoms with E-state index in [1.54, 1.807) is 0 Å². The number of aromatic nitrogens is 3. The van der Waals surface area contributed by atoms with E-state index in [4.69, 9.17) is 0 Å². The first kappa shape index (κ1) is 20.8. The van der Waals surface area contributed by atoms with Crippen LogP contribution in [-0.4, -0.2) is 20.7 Å². The van der Waals surface area contributed by atoms with Crippen molar-refractivity contribution in [2.75, 3.05) is 5.32 Å². The van der Waals surface area contributed by atoms with Gasteiger partial charge in [0.15, 0.2) is 0 Å². The van der Waals surface area contributed by atoms with E-state index >= 15 is 0 Å². The molecule has 0 atom stereocenters. The molecule has 0 aliphatic rings. The Labute approximate surface area is 184 Å². The van der Waals surface area contributed by atoms with Crippen LogP contribution in [0.5, 0.6) is 0 Å². The molecular formula is C24H24N4O2S. The Balaban J connectivity index is 1.50. The van der Waals surface area contributed by atoms with Gasteiger partial charge in [-0.15, -0.1) is 11.3 Å². The second-order valence-electron chi connectivity index (χ2n) is 7.55. The fourth-order valence-corrected chi connectivity index (χ4v) is 4.36. The molecule has 2 N–H and O–H groups in total. The summed E-state index contributed by atoms with van der Waals surface area (Å²) in [7, 11) is 0. The van der Waals surface area contributed by atoms with E-state index in [-0.39, 0.29) is 17.9 Å². The summed E-state index contributed by atoms with van der Waals surface area (Å²) < 4.78 is 1.46. The Morgan fingerprint density at radius 3 is 2.48 bits per heavy atom. The lowest BCUT2D eigenvalue weighted by molar-refractivity contribution is -0.116. The molecule has 7 heteroatoms. The zero-order valence-corrected chi connectivity index (χ0v) is 18.5. The van der Waals surface area contributed by atoms with Crippen LogP contribution in [0.25, 0.3) is 16.4 Å². The number of rotatable bonds is 6. The summed E-state index contributed by atoms with van der Waals surface area (Å²) in [6.07, 6.45) is 0.594. The Morgan fingerprint density at radius 2 is 1.77 bits per heavy atom. The SMILES string of the molecule is Cc1cccc(C)c1NC(=O)CCc1c(C)[nH]n(-c2nc(-c3ccccc3)cs2)c1=O. The summed E-state index contributed by atoms with van der Waals surface area (Å²) in [4.78, 5) is 30.1. The third kappa shape index (κ3) is 4.36. The van der Waals surface area contributed by atoms with Crippen molar-refractivity contribution in [1.29, 1.82) is 0 Å². The number of carbonyl (C=O) groups excluding carboxylic acids is 1. The van der Waals surface area contributed by atoms with Crippen molar-refractivity contribution in [3.8, 4) is 16.4 Å². The van der Waals surface area contributed by atoms with Gasteiger partial charge in [-0.1, -0.05) is 48.5 Å². The second kappa shape index (κ2) is 8.73. The lowest BCUT2D eigenvalue weighted by Gasteiger charge is -2.11. The fourth-order valence-electron chi connectivity index (χ4n) is 3.57. The summed E-state index contributed by atoms with van der Waals surface area (Å²) >= 11 is 1.40. The third-order valence-electron chi connectivity index (χ3n) is 5.29. The Bertz CT molecular complexity index is 1260. The van der Waals surface area contributed by atoms with Crippen molar-refractivity contribution in [2.45, 2.75) is 33.6 Å². The van der Waals surface area contributed by atoms with Crippen LogP contribution >= 0.6 is 11.3 Å². The molecule has 0 fully saturated rings. The minimum absolute atomic E-state index is 0.107. The molecule has 0 aliphatic carbocycles. The molecule has 0 radical (unpaired) electrons. The summed E-state index contributed by atoms with van der Waals surface area (Å²) in [5, 5.41) is 8.60. The molecule has 4 rings (SSSR count). The number of nitrogens with one attached hydrogen (secondary N) is 2. The number of thiazole rings is 1. The largest absolute Gasteiger partial charge is 0.326 e. The van der Waals surface area contributed by atoms with Crippen molar-refractivity contribution >= 4 is 22.9 Å². The van der Waals surface area contributed by atoms with Crippen molar-refractivity contribution in [3.63, 3.8) is 0 Å². The van der Waals surface area contributed by atoms with Gasteiger partial charge in [0.1, 0.15) is 0 Å². The summed E-state index contributed by atoms with van der Waals surface area (Å²) in [6, 6.07) is 15.8. The maximum absolute atomic E-state index is 13.0. The molecule has 0 saturated carbocycles. The lowest BCUT2D eigenvalue weighted by Crippen LogP contribution is -2.19. The highest BCUT2D eigenvalue weighted by Crippen LogP contribution is 2.23. The van der Waals surface area contributed by atoms with Gasteiger partial charge >= 0.3 is 0 Å². The number of anilines is 1. The lowest BCUT2D eigenvalue weighted by atomic mass is 10.1. The number of amides is 1. The second-order valence-corrected chi connectivity index (χ2v) is 8.39. The van der Waals surface area contributed by atoms with Gasteiger partial charge < -0.3 is 5.32 Å². The molecule has 0 spiro atoms. The van der Waals surface area contributed by atoms with Crippen LogP contribution in [0.15, 0.2) is 58.7 Å². The van der Waals surface area contributed by atoms with Gasteiger partial charge in [0.2, 0.25) is 11.0 Å². The zero-order chi connectivity index (χ0) is 22.0. The minimum atomic E-state index is -0.161. The molecule has 2 aromatic carbocycles. The van der Waals surface area contributed by atoms with E-state index < -0.39 is 0 Å². The van der Waals surface area contributed by atoms with Crippen LogP contribution in [0.2, 0.25) is 0 Å². The normalized spacial score (nSPS) is 10.9. The van der Waals surface area contributed by atoms with Crippen molar-refractivity contribution in [1.82, 2.24) is 14.8 Å². The smallest absolute Gasteiger partial charge is 0.276 e. The quantitative estimate of drug-likeness (QED) is 0.460. The molecule has 0 aliphatic heterocycles. The molecule has 6 nitrogen and oxygen atoms in total. The number of para-hydroxylation sites is 1. The van der Waals surface area contributed by atoms with E-state index in [2.05, 4.69) is 15.4 Å². The Hall–Kier alpha value is -3.45. The van der Waals surface area contributed by atoms with E-state index in [0.717, 1.165) is 33.8 Å². The first-order chi connectivity index (χ1) is 14.9. The van der Waals surface area contributed by atoms with E-state index in [9.17, 15) is 9.59 Å². The molecule has 2 heterocycles. The number of hydrogen-bond acceptors (Lipinski definition) is 4. The molecule has 2 aromatic heterocycles. The van der Waals surface area contributed by atoms with Crippen LogP contribution in [0.1, 0.15) is 28.8 Å². The fraction of sp³-hybridized carbons (Fsp3) is 0.208. The molecule has 4 aromatic rings. The van der Waals surface area contributed by atoms with Crippen LogP contribution < -0.4 is 10.9 Å². The van der Waals surface area contributed by atoms with Crippen molar-refractivity contribution < 1.29 is 4.79 Å². The maximum Gasteiger partial charge on any atom is 0.276 e. The first-order valence-corrected chi connectivity index (χ1v) is 11.0. The van der Waals surface area contributed by atoms with Gasteiger partial charge in [-0.3, -0.25) is 14.7 Å². The van der Waals surface area contributed by atoms with Gasteiger partial charge in [-0.2, -0.15) is 4.68 Å². The number of aryl methyl sites for hydroxylation is 3. The predicted octanol–water partition coefficient (Wildman–Crippen LogP) is 4.79. The van der Waals surface area contributed by atoms with Crippen LogP contribution in [-0.2, 0) is 11.2 Å². The molecule has 31 heavy (non-hydrogen) atoms. The van der Waals surface area contributed by atoms with Crippen LogP contribution in [0.4, 0.5) is 5.69 Å². The number of nitrogens with zero attached hydrogens (tertiary/aromatic N) is 2. The van der Waals surface area contributed by atoms with Crippen molar-refractivity contribution in [2.24, 2.45) is 0 Å². The van der Waals surface area contributed by atoms with E-state index in [1.165, 1.54) is 16.0 Å². The minimum Gasteiger partial charge on any atom is -0.326 e. The molecular weight excluding hydrogens is 408 g/mol. The van der Waals surface area contributed by atoms with Gasteiger partial charge in [0.05, 0.1) is 5.69 Å². The van der Waals surface area contributed by atoms with Gasteiger partial charge in [-0.25, -0.2) is 4.98 Å². The average Bonchev–Trinajstić information content (AvgIpc) is 3.35. The number of carbonyl (C=O) groups is 1. The molecule has 0 unspecified atom stereocenters. The topological polar surface area (TPSA) is 79.8 Å². The van der Waals surface area contributed by atoms with E-state index in [1.807, 2.05) is 74.7 Å². The summed E-state index contributed by atoms with van der Waals surface area (Å²) in [5.74, 6) is -0.107. The average molecular weight is 433 g/mol. The van der Waals surface area contributed by atoms with Crippen molar-refractivity contribution in [3.05, 3.63) is 86.6 Å². The Kier molecular flexibility index (Phi) is 5.86. The van der Waals surface area contributed by atoms with Gasteiger partial charge in [0, 0.05) is 34.3 Å². The summed E-state index contributed by atoms with van der Waals surface area (Å²) in [5.41, 5.74) is 5.91.